The van der Waals surface area contributed by atoms with Crippen LogP contribution in [0.15, 0.2) is 12.1 Å². The van der Waals surface area contributed by atoms with Gasteiger partial charge in [-0.05, 0) is 37.1 Å². The monoisotopic (exact) mass is 233 g/mol. The molecule has 4 heteroatoms. The molecular formula is C10H10Cl2FN. The molecule has 0 amide bonds. The van der Waals surface area contributed by atoms with Crippen molar-refractivity contribution >= 4 is 23.2 Å². The second-order valence-corrected chi connectivity index (χ2v) is 4.25. The maximum Gasteiger partial charge on any atom is 0.143 e. The molecule has 0 saturated carbocycles. The molecule has 1 heterocycles. The molecule has 2 rings (SSSR count). The van der Waals surface area contributed by atoms with E-state index < -0.39 is 5.82 Å². The van der Waals surface area contributed by atoms with Crippen molar-refractivity contribution in [3.63, 3.8) is 0 Å². The molecule has 1 aliphatic heterocycles. The quantitative estimate of drug-likeness (QED) is 0.732. The molecule has 1 unspecified atom stereocenters. The van der Waals surface area contributed by atoms with E-state index in [9.17, 15) is 4.39 Å². The van der Waals surface area contributed by atoms with Gasteiger partial charge in [0.1, 0.15) is 5.82 Å². The molecule has 1 atom stereocenters. The highest BCUT2D eigenvalue weighted by Crippen LogP contribution is 2.33. The summed E-state index contributed by atoms with van der Waals surface area (Å²) in [6, 6.07) is 3.12. The molecule has 1 N–H and O–H groups in total. The van der Waals surface area contributed by atoms with Gasteiger partial charge in [-0.3, -0.25) is 0 Å². The van der Waals surface area contributed by atoms with Crippen molar-refractivity contribution in [1.82, 2.24) is 5.32 Å². The summed E-state index contributed by atoms with van der Waals surface area (Å²) in [4.78, 5) is 0. The third kappa shape index (κ3) is 1.88. The lowest BCUT2D eigenvalue weighted by molar-refractivity contribution is 0.607. The Morgan fingerprint density at radius 2 is 2.14 bits per heavy atom. The first-order valence-electron chi connectivity index (χ1n) is 4.56. The van der Waals surface area contributed by atoms with Crippen LogP contribution in [0.1, 0.15) is 24.4 Å². The van der Waals surface area contributed by atoms with Crippen LogP contribution >= 0.6 is 23.2 Å². The highest BCUT2D eigenvalue weighted by Gasteiger charge is 2.20. The highest BCUT2D eigenvalue weighted by molar-refractivity contribution is 6.33. The van der Waals surface area contributed by atoms with Gasteiger partial charge in [0.15, 0.2) is 0 Å². The molecule has 0 aliphatic carbocycles. The van der Waals surface area contributed by atoms with Gasteiger partial charge < -0.3 is 5.32 Å². The number of nitrogens with one attached hydrogen (secondary N) is 1. The van der Waals surface area contributed by atoms with Crippen molar-refractivity contribution in [1.29, 1.82) is 0 Å². The minimum atomic E-state index is -0.442. The highest BCUT2D eigenvalue weighted by atomic mass is 35.5. The fourth-order valence-electron chi connectivity index (χ4n) is 1.78. The average Bonchev–Trinajstić information content (AvgIpc) is 2.63. The summed E-state index contributed by atoms with van der Waals surface area (Å²) < 4.78 is 13.2. The topological polar surface area (TPSA) is 12.0 Å². The molecule has 1 aromatic carbocycles. The zero-order valence-electron chi connectivity index (χ0n) is 7.49. The Labute approximate surface area is 92.2 Å². The lowest BCUT2D eigenvalue weighted by Gasteiger charge is -2.13. The van der Waals surface area contributed by atoms with Crippen LogP contribution in [0.2, 0.25) is 10.0 Å². The summed E-state index contributed by atoms with van der Waals surface area (Å²) in [5.74, 6) is -0.442. The Balaban J connectivity index is 2.40. The third-order valence-corrected chi connectivity index (χ3v) is 3.07. The van der Waals surface area contributed by atoms with E-state index in [0.29, 0.717) is 5.02 Å². The zero-order valence-corrected chi connectivity index (χ0v) is 9.00. The van der Waals surface area contributed by atoms with E-state index in [1.165, 1.54) is 6.07 Å². The predicted octanol–water partition coefficient (Wildman–Crippen LogP) is 3.56. The lowest BCUT2D eigenvalue weighted by Crippen LogP contribution is -2.13. The largest absolute Gasteiger partial charge is 0.310 e. The van der Waals surface area contributed by atoms with Gasteiger partial charge >= 0.3 is 0 Å². The second-order valence-electron chi connectivity index (χ2n) is 3.44. The fourth-order valence-corrected chi connectivity index (χ4v) is 2.23. The molecule has 0 bridgehead atoms. The number of hydrogen-bond donors (Lipinski definition) is 1. The maximum absolute atomic E-state index is 13.2. The molecule has 1 nitrogen and oxygen atoms in total. The number of benzene rings is 1. The SMILES string of the molecule is Fc1cc(Cl)cc(C2CCCN2)c1Cl. The molecule has 1 fully saturated rings. The summed E-state index contributed by atoms with van der Waals surface area (Å²) in [6.45, 7) is 0.953. The second kappa shape index (κ2) is 4.05. The Hall–Kier alpha value is -0.310. The summed E-state index contributed by atoms with van der Waals surface area (Å²) in [7, 11) is 0. The Bertz CT molecular complexity index is 348. The standard InChI is InChI=1S/C10H10Cl2FN/c11-6-4-7(9-2-1-3-14-9)10(12)8(13)5-6/h4-5,9,14H,1-3H2. The summed E-state index contributed by atoms with van der Waals surface area (Å²) in [5, 5.41) is 3.85. The van der Waals surface area contributed by atoms with Gasteiger partial charge in [-0.25, -0.2) is 4.39 Å². The van der Waals surface area contributed by atoms with Gasteiger partial charge in [0.25, 0.3) is 0 Å². The normalized spacial score (nSPS) is 21.5. The van der Waals surface area contributed by atoms with E-state index >= 15 is 0 Å². The van der Waals surface area contributed by atoms with Crippen LogP contribution < -0.4 is 5.32 Å². The van der Waals surface area contributed by atoms with Crippen molar-refractivity contribution in [3.05, 3.63) is 33.6 Å². The number of rotatable bonds is 1. The molecule has 1 aromatic rings. The van der Waals surface area contributed by atoms with Crippen molar-refractivity contribution in [3.8, 4) is 0 Å². The zero-order chi connectivity index (χ0) is 10.1. The van der Waals surface area contributed by atoms with Crippen LogP contribution in [-0.2, 0) is 0 Å². The van der Waals surface area contributed by atoms with Gasteiger partial charge in [-0.1, -0.05) is 23.2 Å². The predicted molar refractivity (Wildman–Crippen MR) is 56.4 cm³/mol. The van der Waals surface area contributed by atoms with Crippen LogP contribution in [0.25, 0.3) is 0 Å². The molecule has 1 saturated heterocycles. The van der Waals surface area contributed by atoms with E-state index in [4.69, 9.17) is 23.2 Å². The van der Waals surface area contributed by atoms with Crippen LogP contribution in [-0.4, -0.2) is 6.54 Å². The maximum atomic E-state index is 13.2. The minimum absolute atomic E-state index is 0.149. The van der Waals surface area contributed by atoms with Crippen molar-refractivity contribution in [2.75, 3.05) is 6.54 Å². The molecule has 0 aromatic heterocycles. The van der Waals surface area contributed by atoms with Gasteiger partial charge in [-0.2, -0.15) is 0 Å². The average molecular weight is 234 g/mol. The summed E-state index contributed by atoms with van der Waals surface area (Å²) in [5.41, 5.74) is 0.772. The van der Waals surface area contributed by atoms with Gasteiger partial charge in [0, 0.05) is 11.1 Å². The van der Waals surface area contributed by atoms with Crippen LogP contribution in [0, 0.1) is 5.82 Å². The molecular weight excluding hydrogens is 224 g/mol. The van der Waals surface area contributed by atoms with Gasteiger partial charge in [0.2, 0.25) is 0 Å². The first-order chi connectivity index (χ1) is 6.68. The Morgan fingerprint density at radius 1 is 1.36 bits per heavy atom. The van der Waals surface area contributed by atoms with Gasteiger partial charge in [0.05, 0.1) is 5.02 Å². The van der Waals surface area contributed by atoms with E-state index in [-0.39, 0.29) is 11.1 Å². The van der Waals surface area contributed by atoms with Crippen molar-refractivity contribution in [2.24, 2.45) is 0 Å². The smallest absolute Gasteiger partial charge is 0.143 e. The van der Waals surface area contributed by atoms with E-state index in [1.807, 2.05) is 0 Å². The summed E-state index contributed by atoms with van der Waals surface area (Å²) in [6.07, 6.45) is 2.08. The Kier molecular flexibility index (Phi) is 2.96. The van der Waals surface area contributed by atoms with Crippen molar-refractivity contribution < 1.29 is 4.39 Å². The first-order valence-corrected chi connectivity index (χ1v) is 5.32. The molecule has 1 aliphatic rings. The first kappa shape index (κ1) is 10.2. The van der Waals surface area contributed by atoms with Gasteiger partial charge in [-0.15, -0.1) is 0 Å². The summed E-state index contributed by atoms with van der Waals surface area (Å²) >= 11 is 11.6. The van der Waals surface area contributed by atoms with E-state index in [0.717, 1.165) is 24.9 Å². The van der Waals surface area contributed by atoms with Crippen LogP contribution in [0.4, 0.5) is 4.39 Å². The Morgan fingerprint density at radius 3 is 2.79 bits per heavy atom. The lowest BCUT2D eigenvalue weighted by atomic mass is 10.1. The number of hydrogen-bond acceptors (Lipinski definition) is 1. The molecule has 0 spiro atoms. The molecule has 76 valence electrons. The molecule has 0 radical (unpaired) electrons. The molecule has 14 heavy (non-hydrogen) atoms. The third-order valence-electron chi connectivity index (χ3n) is 2.46. The van der Waals surface area contributed by atoms with E-state index in [1.54, 1.807) is 6.07 Å². The van der Waals surface area contributed by atoms with Crippen LogP contribution in [0.3, 0.4) is 0 Å². The number of halogens is 3. The fraction of sp³-hybridized carbons (Fsp3) is 0.400. The van der Waals surface area contributed by atoms with Crippen molar-refractivity contribution in [2.45, 2.75) is 18.9 Å². The van der Waals surface area contributed by atoms with E-state index in [2.05, 4.69) is 5.32 Å². The minimum Gasteiger partial charge on any atom is -0.310 e. The van der Waals surface area contributed by atoms with Crippen LogP contribution in [0.5, 0.6) is 0 Å².